The molecule has 1 aliphatic carbocycles. The summed E-state index contributed by atoms with van der Waals surface area (Å²) in [6.07, 6.45) is 0. The molecule has 2 atom stereocenters. The van der Waals surface area contributed by atoms with Gasteiger partial charge < -0.3 is 10.1 Å². The summed E-state index contributed by atoms with van der Waals surface area (Å²) in [5.74, 6) is 0.431. The molecule has 3 N–H and O–H groups in total. The fraction of sp³-hybridized carbons (Fsp3) is 0.435. The average Bonchev–Trinajstić information content (AvgIpc) is 3.19. The van der Waals surface area contributed by atoms with Gasteiger partial charge in [0.05, 0.1) is 17.6 Å². The van der Waals surface area contributed by atoms with E-state index in [1.807, 2.05) is 18.2 Å². The first-order valence-electron chi connectivity index (χ1n) is 9.89. The van der Waals surface area contributed by atoms with E-state index in [-0.39, 0.29) is 33.6 Å². The van der Waals surface area contributed by atoms with Crippen molar-refractivity contribution in [2.45, 2.75) is 56.9 Å². The summed E-state index contributed by atoms with van der Waals surface area (Å²) < 4.78 is 28.4. The lowest BCUT2D eigenvalue weighted by Crippen LogP contribution is -2.29. The Balaban J connectivity index is 1.84. The molecule has 0 bridgehead atoms. The summed E-state index contributed by atoms with van der Waals surface area (Å²) >= 11 is 0. The summed E-state index contributed by atoms with van der Waals surface area (Å²) in [5, 5.41) is 8.33. The van der Waals surface area contributed by atoms with Crippen LogP contribution in [0.1, 0.15) is 62.0 Å². The van der Waals surface area contributed by atoms with Crippen molar-refractivity contribution in [1.82, 2.24) is 5.32 Å². The summed E-state index contributed by atoms with van der Waals surface area (Å²) in [5.41, 5.74) is 2.28. The van der Waals surface area contributed by atoms with Gasteiger partial charge in [0.25, 0.3) is 5.91 Å². The lowest BCUT2D eigenvalue weighted by Gasteiger charge is -2.21. The summed E-state index contributed by atoms with van der Waals surface area (Å²) in [7, 11) is -2.17. The van der Waals surface area contributed by atoms with Gasteiger partial charge in [0.1, 0.15) is 5.75 Å². The van der Waals surface area contributed by atoms with Gasteiger partial charge in [-0.1, -0.05) is 52.8 Å². The highest BCUT2D eigenvalue weighted by molar-refractivity contribution is 7.89. The van der Waals surface area contributed by atoms with Crippen molar-refractivity contribution in [3.63, 3.8) is 0 Å². The van der Waals surface area contributed by atoms with E-state index in [0.29, 0.717) is 11.3 Å². The largest absolute Gasteiger partial charge is 0.496 e. The lowest BCUT2D eigenvalue weighted by atomic mass is 9.86. The summed E-state index contributed by atoms with van der Waals surface area (Å²) in [6, 6.07) is 12.2. The van der Waals surface area contributed by atoms with Gasteiger partial charge in [0, 0.05) is 12.0 Å². The second-order valence-electron chi connectivity index (χ2n) is 9.53. The third kappa shape index (κ3) is 4.23. The molecule has 0 spiro atoms. The Bertz CT molecular complexity index is 1070. The number of primary sulfonamides is 1. The third-order valence-electron chi connectivity index (χ3n) is 5.99. The van der Waals surface area contributed by atoms with E-state index < -0.39 is 10.0 Å². The van der Waals surface area contributed by atoms with Crippen LogP contribution in [0.3, 0.4) is 0 Å². The van der Waals surface area contributed by atoms with Crippen molar-refractivity contribution in [1.29, 1.82) is 0 Å². The number of hydrogen-bond acceptors (Lipinski definition) is 4. The normalized spacial score (nSPS) is 20.5. The molecule has 6 nitrogen and oxygen atoms in total. The van der Waals surface area contributed by atoms with Crippen LogP contribution < -0.4 is 15.2 Å². The highest BCUT2D eigenvalue weighted by Gasteiger charge is 2.59. The lowest BCUT2D eigenvalue weighted by molar-refractivity contribution is 0.0942. The first-order chi connectivity index (χ1) is 13.8. The Hall–Kier alpha value is -2.38. The van der Waals surface area contributed by atoms with Gasteiger partial charge in [0.2, 0.25) is 10.0 Å². The van der Waals surface area contributed by atoms with Crippen LogP contribution in [0, 0.1) is 5.41 Å². The van der Waals surface area contributed by atoms with E-state index in [1.165, 1.54) is 12.1 Å². The molecule has 0 aliphatic heterocycles. The SMILES string of the molecule is COc1ccc(C(C)(C)C)cc1C(=O)NC1C(c2ccc(S(N)(=O)=O)cc2)C1(C)C. The van der Waals surface area contributed by atoms with Crippen molar-refractivity contribution in [3.05, 3.63) is 59.2 Å². The Morgan fingerprint density at radius 1 is 1.10 bits per heavy atom. The minimum Gasteiger partial charge on any atom is -0.496 e. The van der Waals surface area contributed by atoms with Crippen LogP contribution >= 0.6 is 0 Å². The molecule has 2 aromatic rings. The zero-order valence-electron chi connectivity index (χ0n) is 18.3. The van der Waals surface area contributed by atoms with Crippen LogP contribution in [0.15, 0.2) is 47.4 Å². The summed E-state index contributed by atoms with van der Waals surface area (Å²) in [6.45, 7) is 10.5. The van der Waals surface area contributed by atoms with E-state index in [9.17, 15) is 13.2 Å². The van der Waals surface area contributed by atoms with Crippen LogP contribution in [0.4, 0.5) is 0 Å². The predicted molar refractivity (Wildman–Crippen MR) is 117 cm³/mol. The Morgan fingerprint density at radius 2 is 1.70 bits per heavy atom. The minimum absolute atomic E-state index is 0.0756. The molecule has 2 unspecified atom stereocenters. The van der Waals surface area contributed by atoms with Gasteiger partial charge in [0.15, 0.2) is 0 Å². The minimum atomic E-state index is -3.73. The van der Waals surface area contributed by atoms with Crippen molar-refractivity contribution < 1.29 is 17.9 Å². The molecule has 0 heterocycles. The van der Waals surface area contributed by atoms with E-state index in [2.05, 4.69) is 39.9 Å². The maximum atomic E-state index is 13.1. The molecule has 0 saturated heterocycles. The van der Waals surface area contributed by atoms with Gasteiger partial charge in [-0.25, -0.2) is 13.6 Å². The van der Waals surface area contributed by atoms with Crippen LogP contribution in [0.5, 0.6) is 5.75 Å². The number of carbonyl (C=O) groups is 1. The average molecular weight is 431 g/mol. The number of benzene rings is 2. The van der Waals surface area contributed by atoms with Gasteiger partial charge in [-0.15, -0.1) is 0 Å². The Kier molecular flexibility index (Phi) is 5.50. The Labute approximate surface area is 178 Å². The maximum Gasteiger partial charge on any atom is 0.255 e. The number of hydrogen-bond donors (Lipinski definition) is 2. The molecule has 30 heavy (non-hydrogen) atoms. The van der Waals surface area contributed by atoms with Crippen molar-refractivity contribution >= 4 is 15.9 Å². The molecule has 7 heteroatoms. The molecular weight excluding hydrogens is 400 g/mol. The molecular formula is C23H30N2O4S. The first-order valence-corrected chi connectivity index (χ1v) is 11.4. The number of nitrogens with two attached hydrogens (primary N) is 1. The standard InChI is InChI=1S/C23H30N2O4S/c1-22(2,3)15-9-12-18(29-6)17(13-15)21(26)25-20-19(23(20,4)5)14-7-10-16(11-8-14)30(24,27)28/h7-13,19-20H,1-6H3,(H,25,26)(H2,24,27,28). The molecule has 3 rings (SSSR count). The molecule has 0 aromatic heterocycles. The van der Waals surface area contributed by atoms with Crippen LogP contribution in [-0.2, 0) is 15.4 Å². The highest BCUT2D eigenvalue weighted by Crippen LogP contribution is 2.58. The molecule has 1 amide bonds. The first kappa shape index (κ1) is 22.3. The van der Waals surface area contributed by atoms with E-state index in [0.717, 1.165) is 11.1 Å². The van der Waals surface area contributed by atoms with E-state index in [1.54, 1.807) is 19.2 Å². The molecule has 162 valence electrons. The molecule has 1 fully saturated rings. The number of methoxy groups -OCH3 is 1. The van der Waals surface area contributed by atoms with E-state index >= 15 is 0 Å². The van der Waals surface area contributed by atoms with Gasteiger partial charge >= 0.3 is 0 Å². The second kappa shape index (κ2) is 7.39. The second-order valence-corrected chi connectivity index (χ2v) is 11.1. The molecule has 2 aromatic carbocycles. The van der Waals surface area contributed by atoms with Crippen molar-refractivity contribution in [2.24, 2.45) is 10.6 Å². The smallest absolute Gasteiger partial charge is 0.255 e. The zero-order chi connectivity index (χ0) is 22.5. The third-order valence-corrected chi connectivity index (χ3v) is 6.92. The van der Waals surface area contributed by atoms with Gasteiger partial charge in [-0.3, -0.25) is 4.79 Å². The number of amides is 1. The number of carbonyl (C=O) groups excluding carboxylic acids is 1. The zero-order valence-corrected chi connectivity index (χ0v) is 19.1. The van der Waals surface area contributed by atoms with Crippen LogP contribution in [0.25, 0.3) is 0 Å². The predicted octanol–water partition coefficient (Wildman–Crippen LogP) is 3.56. The fourth-order valence-electron chi connectivity index (χ4n) is 3.97. The summed E-state index contributed by atoms with van der Waals surface area (Å²) in [4.78, 5) is 13.2. The number of sulfonamides is 1. The van der Waals surface area contributed by atoms with Crippen molar-refractivity contribution in [2.75, 3.05) is 7.11 Å². The Morgan fingerprint density at radius 3 is 2.20 bits per heavy atom. The van der Waals surface area contributed by atoms with Crippen molar-refractivity contribution in [3.8, 4) is 5.75 Å². The molecule has 0 radical (unpaired) electrons. The highest BCUT2D eigenvalue weighted by atomic mass is 32.2. The topological polar surface area (TPSA) is 98.5 Å². The molecule has 1 saturated carbocycles. The number of ether oxygens (including phenoxy) is 1. The monoisotopic (exact) mass is 430 g/mol. The maximum absolute atomic E-state index is 13.1. The van der Waals surface area contributed by atoms with Crippen LogP contribution in [0.2, 0.25) is 0 Å². The van der Waals surface area contributed by atoms with E-state index in [4.69, 9.17) is 9.88 Å². The number of nitrogens with one attached hydrogen (secondary N) is 1. The number of rotatable bonds is 5. The quantitative estimate of drug-likeness (QED) is 0.758. The van der Waals surface area contributed by atoms with Gasteiger partial charge in [-0.2, -0.15) is 0 Å². The van der Waals surface area contributed by atoms with Crippen LogP contribution in [-0.4, -0.2) is 27.5 Å². The fourth-order valence-corrected chi connectivity index (χ4v) is 4.48. The molecule has 1 aliphatic rings. The van der Waals surface area contributed by atoms with Gasteiger partial charge in [-0.05, 0) is 46.2 Å².